The molecule has 2 heteroatoms. The Bertz CT molecular complexity index is 93.6. The van der Waals surface area contributed by atoms with Gasteiger partial charge in [0.2, 0.25) is 6.29 Å². The summed E-state index contributed by atoms with van der Waals surface area (Å²) in [6.07, 6.45) is 7.70. The minimum Gasteiger partial charge on any atom is -0.330 e. The average molecular weight is 156 g/mol. The van der Waals surface area contributed by atoms with Crippen LogP contribution in [0.15, 0.2) is 0 Å². The van der Waals surface area contributed by atoms with Crippen molar-refractivity contribution in [2.24, 2.45) is 11.7 Å². The van der Waals surface area contributed by atoms with E-state index < -0.39 is 0 Å². The SMILES string of the molecule is CCCCCCC([C]=O)CN. The fourth-order valence-electron chi connectivity index (χ4n) is 1.04. The molecule has 0 aliphatic heterocycles. The molecule has 65 valence electrons. The molecule has 0 aromatic rings. The van der Waals surface area contributed by atoms with Crippen molar-refractivity contribution < 1.29 is 4.79 Å². The van der Waals surface area contributed by atoms with Crippen LogP contribution in [0.25, 0.3) is 0 Å². The van der Waals surface area contributed by atoms with E-state index in [0.717, 1.165) is 12.8 Å². The molecule has 2 N–H and O–H groups in total. The Kier molecular flexibility index (Phi) is 7.47. The Morgan fingerprint density at radius 2 is 2.09 bits per heavy atom. The molecule has 0 aromatic heterocycles. The molecule has 0 amide bonds. The number of carbonyl (C=O) groups excluding carboxylic acids is 1. The first-order chi connectivity index (χ1) is 5.35. The summed E-state index contributed by atoms with van der Waals surface area (Å²) in [5.41, 5.74) is 5.34. The maximum Gasteiger partial charge on any atom is 0.203 e. The Labute approximate surface area is 69.2 Å². The van der Waals surface area contributed by atoms with Crippen LogP contribution in [0.2, 0.25) is 0 Å². The maximum absolute atomic E-state index is 10.2. The highest BCUT2D eigenvalue weighted by atomic mass is 16.1. The molecule has 0 aliphatic carbocycles. The van der Waals surface area contributed by atoms with Crippen LogP contribution in [-0.2, 0) is 4.79 Å². The van der Waals surface area contributed by atoms with Crippen molar-refractivity contribution in [3.05, 3.63) is 0 Å². The standard InChI is InChI=1S/C9H18NO/c1-2-3-4-5-6-9(7-10)8-11/h9H,2-7,10H2,1H3. The first kappa shape index (κ1) is 10.6. The molecule has 1 radical (unpaired) electrons. The van der Waals surface area contributed by atoms with E-state index in [2.05, 4.69) is 6.92 Å². The molecule has 2 nitrogen and oxygen atoms in total. The second kappa shape index (κ2) is 7.73. The molecule has 0 aromatic carbocycles. The molecule has 0 heterocycles. The first-order valence-electron chi connectivity index (χ1n) is 4.42. The first-order valence-corrected chi connectivity index (χ1v) is 4.42. The van der Waals surface area contributed by atoms with Gasteiger partial charge in [0.1, 0.15) is 0 Å². The van der Waals surface area contributed by atoms with Crippen molar-refractivity contribution in [1.82, 2.24) is 0 Å². The van der Waals surface area contributed by atoms with E-state index in [1.807, 2.05) is 6.29 Å². The van der Waals surface area contributed by atoms with Crippen molar-refractivity contribution in [3.63, 3.8) is 0 Å². The van der Waals surface area contributed by atoms with Gasteiger partial charge in [0, 0.05) is 12.5 Å². The van der Waals surface area contributed by atoms with Gasteiger partial charge in [-0.15, -0.1) is 0 Å². The van der Waals surface area contributed by atoms with Gasteiger partial charge in [-0.05, 0) is 6.42 Å². The quantitative estimate of drug-likeness (QED) is 0.569. The third-order valence-electron chi connectivity index (χ3n) is 1.86. The number of hydrogen-bond donors (Lipinski definition) is 1. The van der Waals surface area contributed by atoms with E-state index in [9.17, 15) is 4.79 Å². The summed E-state index contributed by atoms with van der Waals surface area (Å²) in [5.74, 6) is -0.0214. The van der Waals surface area contributed by atoms with Gasteiger partial charge in [-0.1, -0.05) is 32.6 Å². The number of unbranched alkanes of at least 4 members (excludes halogenated alkanes) is 3. The van der Waals surface area contributed by atoms with Gasteiger partial charge in [-0.3, -0.25) is 4.79 Å². The van der Waals surface area contributed by atoms with Gasteiger partial charge in [-0.25, -0.2) is 0 Å². The number of nitrogens with two attached hydrogens (primary N) is 1. The average Bonchev–Trinajstić information content (AvgIpc) is 2.05. The van der Waals surface area contributed by atoms with Crippen LogP contribution < -0.4 is 5.73 Å². The van der Waals surface area contributed by atoms with Crippen LogP contribution >= 0.6 is 0 Å². The van der Waals surface area contributed by atoms with E-state index in [1.165, 1.54) is 19.3 Å². The highest BCUT2D eigenvalue weighted by Gasteiger charge is 2.03. The lowest BCUT2D eigenvalue weighted by atomic mass is 10.0. The predicted octanol–water partition coefficient (Wildman–Crippen LogP) is 1.64. The molecule has 0 rings (SSSR count). The summed E-state index contributed by atoms with van der Waals surface area (Å²) in [6.45, 7) is 2.63. The van der Waals surface area contributed by atoms with Gasteiger partial charge >= 0.3 is 0 Å². The van der Waals surface area contributed by atoms with Gasteiger partial charge in [0.25, 0.3) is 0 Å². The Morgan fingerprint density at radius 1 is 1.36 bits per heavy atom. The molecule has 1 unspecified atom stereocenters. The van der Waals surface area contributed by atoms with Crippen LogP contribution in [0.3, 0.4) is 0 Å². The van der Waals surface area contributed by atoms with Gasteiger partial charge in [0.05, 0.1) is 0 Å². The lowest BCUT2D eigenvalue weighted by Crippen LogP contribution is -2.15. The molecular formula is C9H18NO. The van der Waals surface area contributed by atoms with Crippen molar-refractivity contribution >= 4 is 6.29 Å². The summed E-state index contributed by atoms with van der Waals surface area (Å²) < 4.78 is 0. The lowest BCUT2D eigenvalue weighted by molar-refractivity contribution is 0.493. The molecule has 0 spiro atoms. The van der Waals surface area contributed by atoms with Crippen LogP contribution in [0, 0.1) is 5.92 Å². The van der Waals surface area contributed by atoms with Crippen LogP contribution in [-0.4, -0.2) is 12.8 Å². The van der Waals surface area contributed by atoms with Crippen molar-refractivity contribution in [2.45, 2.75) is 39.0 Å². The Balaban J connectivity index is 3.14. The summed E-state index contributed by atoms with van der Waals surface area (Å²) in [6, 6.07) is 0. The Hall–Kier alpha value is -0.370. The summed E-state index contributed by atoms with van der Waals surface area (Å²) >= 11 is 0. The van der Waals surface area contributed by atoms with Crippen molar-refractivity contribution in [2.75, 3.05) is 6.54 Å². The zero-order valence-corrected chi connectivity index (χ0v) is 7.31. The van der Waals surface area contributed by atoms with Crippen LogP contribution in [0.5, 0.6) is 0 Å². The second-order valence-electron chi connectivity index (χ2n) is 2.90. The van der Waals surface area contributed by atoms with Crippen molar-refractivity contribution in [1.29, 1.82) is 0 Å². The monoisotopic (exact) mass is 156 g/mol. The van der Waals surface area contributed by atoms with Gasteiger partial charge in [0.15, 0.2) is 0 Å². The van der Waals surface area contributed by atoms with Crippen LogP contribution in [0.1, 0.15) is 39.0 Å². The highest BCUT2D eigenvalue weighted by molar-refractivity contribution is 5.54. The summed E-state index contributed by atoms with van der Waals surface area (Å²) in [7, 11) is 0. The largest absolute Gasteiger partial charge is 0.330 e. The molecule has 0 bridgehead atoms. The minimum absolute atomic E-state index is 0.0214. The minimum atomic E-state index is -0.0214. The second-order valence-corrected chi connectivity index (χ2v) is 2.90. The molecular weight excluding hydrogens is 138 g/mol. The van der Waals surface area contributed by atoms with Gasteiger partial charge < -0.3 is 5.73 Å². The fraction of sp³-hybridized carbons (Fsp3) is 0.889. The van der Waals surface area contributed by atoms with E-state index in [0.29, 0.717) is 6.54 Å². The van der Waals surface area contributed by atoms with E-state index in [-0.39, 0.29) is 5.92 Å². The molecule has 1 atom stereocenters. The molecule has 0 aliphatic rings. The highest BCUT2D eigenvalue weighted by Crippen LogP contribution is 2.07. The third-order valence-corrected chi connectivity index (χ3v) is 1.86. The number of rotatable bonds is 7. The maximum atomic E-state index is 10.2. The van der Waals surface area contributed by atoms with Crippen LogP contribution in [0.4, 0.5) is 0 Å². The van der Waals surface area contributed by atoms with E-state index in [4.69, 9.17) is 5.73 Å². The van der Waals surface area contributed by atoms with E-state index >= 15 is 0 Å². The zero-order chi connectivity index (χ0) is 8.53. The topological polar surface area (TPSA) is 43.1 Å². The molecule has 0 saturated carbocycles. The smallest absolute Gasteiger partial charge is 0.203 e. The van der Waals surface area contributed by atoms with E-state index in [1.54, 1.807) is 0 Å². The fourth-order valence-corrected chi connectivity index (χ4v) is 1.04. The third kappa shape index (κ3) is 6.05. The molecule has 0 fully saturated rings. The normalized spacial score (nSPS) is 12.9. The Morgan fingerprint density at radius 3 is 2.55 bits per heavy atom. The van der Waals surface area contributed by atoms with Crippen molar-refractivity contribution in [3.8, 4) is 0 Å². The zero-order valence-electron chi connectivity index (χ0n) is 7.31. The lowest BCUT2D eigenvalue weighted by Gasteiger charge is -2.04. The van der Waals surface area contributed by atoms with Gasteiger partial charge in [-0.2, -0.15) is 0 Å². The summed E-state index contributed by atoms with van der Waals surface area (Å²) in [5, 5.41) is 0. The molecule has 11 heavy (non-hydrogen) atoms. The summed E-state index contributed by atoms with van der Waals surface area (Å²) in [4.78, 5) is 10.2. The predicted molar refractivity (Wildman–Crippen MR) is 47.0 cm³/mol. The molecule has 0 saturated heterocycles. The number of hydrogen-bond acceptors (Lipinski definition) is 2.